The lowest BCUT2D eigenvalue weighted by molar-refractivity contribution is -0.146. The minimum Gasteiger partial charge on any atom is -0.497 e. The Morgan fingerprint density at radius 2 is 1.76 bits per heavy atom. The van der Waals surface area contributed by atoms with Gasteiger partial charge < -0.3 is 20.3 Å². The number of benzene rings is 2. The summed E-state index contributed by atoms with van der Waals surface area (Å²) in [6, 6.07) is 13.9. The van der Waals surface area contributed by atoms with E-state index in [-0.39, 0.29) is 5.91 Å². The molecule has 0 spiro atoms. The monoisotopic (exact) mass is 361 g/mol. The van der Waals surface area contributed by atoms with Crippen molar-refractivity contribution in [3.8, 4) is 5.75 Å². The fourth-order valence-electron chi connectivity index (χ4n) is 2.24. The molecule has 0 bridgehead atoms. The molecule has 25 heavy (non-hydrogen) atoms. The molecule has 132 valence electrons. The lowest BCUT2D eigenvalue weighted by Gasteiger charge is -2.21. The molecular weight excluding hydrogens is 342 g/mol. The summed E-state index contributed by atoms with van der Waals surface area (Å²) in [5, 5.41) is 21.4. The van der Waals surface area contributed by atoms with Crippen LogP contribution in [0.15, 0.2) is 53.4 Å². The molecule has 0 saturated carbocycles. The third kappa shape index (κ3) is 4.98. The van der Waals surface area contributed by atoms with Gasteiger partial charge in [-0.25, -0.2) is 4.79 Å². The lowest BCUT2D eigenvalue weighted by atomic mass is 10.1. The zero-order chi connectivity index (χ0) is 18.4. The Morgan fingerprint density at radius 3 is 2.32 bits per heavy atom. The van der Waals surface area contributed by atoms with Crippen molar-refractivity contribution < 1.29 is 24.5 Å². The van der Waals surface area contributed by atoms with E-state index in [1.165, 1.54) is 25.8 Å². The smallest absolute Gasteiger partial charge is 0.334 e. The number of carboxylic acids is 1. The van der Waals surface area contributed by atoms with E-state index in [9.17, 15) is 19.8 Å². The highest BCUT2D eigenvalue weighted by Crippen LogP contribution is 2.41. The second-order valence-electron chi connectivity index (χ2n) is 5.27. The van der Waals surface area contributed by atoms with E-state index in [1.807, 2.05) is 0 Å². The van der Waals surface area contributed by atoms with Gasteiger partial charge in [-0.1, -0.05) is 24.3 Å². The molecular formula is C18H19NO5S. The number of carbonyl (C=O) groups excluding carboxylic acids is 1. The predicted octanol–water partition coefficient (Wildman–Crippen LogP) is 2.93. The first kappa shape index (κ1) is 18.8. The maximum Gasteiger partial charge on any atom is 0.334 e. The summed E-state index contributed by atoms with van der Waals surface area (Å²) in [6.45, 7) is 1.40. The van der Waals surface area contributed by atoms with Crippen molar-refractivity contribution in [3.05, 3.63) is 54.1 Å². The van der Waals surface area contributed by atoms with Gasteiger partial charge in [0.15, 0.2) is 6.10 Å². The quantitative estimate of drug-likeness (QED) is 0.656. The summed E-state index contributed by atoms with van der Waals surface area (Å²) in [6.07, 6.45) is -1.61. The number of hydrogen-bond acceptors (Lipinski definition) is 5. The first-order chi connectivity index (χ1) is 11.9. The van der Waals surface area contributed by atoms with Crippen LogP contribution in [0.5, 0.6) is 5.75 Å². The first-order valence-corrected chi connectivity index (χ1v) is 8.38. The number of aliphatic hydroxyl groups is 1. The van der Waals surface area contributed by atoms with Crippen LogP contribution in [0.4, 0.5) is 5.69 Å². The molecule has 0 aliphatic carbocycles. The number of thioether (sulfide) groups is 1. The third-order valence-electron chi connectivity index (χ3n) is 3.44. The average molecular weight is 361 g/mol. The number of hydrogen-bond donors (Lipinski definition) is 3. The number of aliphatic hydroxyl groups excluding tert-OH is 1. The Hall–Kier alpha value is -2.51. The molecule has 0 fully saturated rings. The van der Waals surface area contributed by atoms with E-state index in [2.05, 4.69) is 5.32 Å². The fourth-order valence-corrected chi connectivity index (χ4v) is 3.45. The molecule has 0 aliphatic rings. The SMILES string of the molecule is COc1ccc([C@H](Sc2ccccc2NC(C)=O)[C@@H](O)C(=O)O)cc1. The summed E-state index contributed by atoms with van der Waals surface area (Å²) in [5.41, 5.74) is 1.20. The van der Waals surface area contributed by atoms with Crippen molar-refractivity contribution in [2.75, 3.05) is 12.4 Å². The van der Waals surface area contributed by atoms with Crippen molar-refractivity contribution >= 4 is 29.3 Å². The average Bonchev–Trinajstić information content (AvgIpc) is 2.60. The van der Waals surface area contributed by atoms with Crippen LogP contribution in [0.25, 0.3) is 0 Å². The Kier molecular flexibility index (Phi) is 6.44. The van der Waals surface area contributed by atoms with Crippen molar-refractivity contribution in [3.63, 3.8) is 0 Å². The number of nitrogens with one attached hydrogen (secondary N) is 1. The van der Waals surface area contributed by atoms with Crippen LogP contribution in [0.2, 0.25) is 0 Å². The highest BCUT2D eigenvalue weighted by molar-refractivity contribution is 7.99. The number of aliphatic carboxylic acids is 1. The molecule has 6 nitrogen and oxygen atoms in total. The van der Waals surface area contributed by atoms with Crippen LogP contribution in [0.1, 0.15) is 17.7 Å². The van der Waals surface area contributed by atoms with E-state index in [1.54, 1.807) is 48.5 Å². The molecule has 2 aromatic rings. The molecule has 0 radical (unpaired) electrons. The molecule has 2 rings (SSSR count). The predicted molar refractivity (Wildman–Crippen MR) is 96.0 cm³/mol. The van der Waals surface area contributed by atoms with Gasteiger partial charge in [0.25, 0.3) is 0 Å². The lowest BCUT2D eigenvalue weighted by Crippen LogP contribution is -2.26. The van der Waals surface area contributed by atoms with Gasteiger partial charge in [0, 0.05) is 11.8 Å². The molecule has 2 atom stereocenters. The summed E-state index contributed by atoms with van der Waals surface area (Å²) < 4.78 is 5.10. The number of rotatable bonds is 7. The molecule has 2 aromatic carbocycles. The van der Waals surface area contributed by atoms with Crippen LogP contribution in [0.3, 0.4) is 0 Å². The maximum atomic E-state index is 11.4. The van der Waals surface area contributed by atoms with Crippen molar-refractivity contribution in [2.45, 2.75) is 23.2 Å². The minimum absolute atomic E-state index is 0.229. The zero-order valence-electron chi connectivity index (χ0n) is 13.8. The number of amides is 1. The van der Waals surface area contributed by atoms with E-state index in [4.69, 9.17) is 4.74 Å². The second kappa shape index (κ2) is 8.55. The van der Waals surface area contributed by atoms with Gasteiger partial charge in [0.1, 0.15) is 5.75 Å². The molecule has 0 unspecified atom stereocenters. The van der Waals surface area contributed by atoms with Crippen LogP contribution in [0, 0.1) is 0 Å². The zero-order valence-corrected chi connectivity index (χ0v) is 14.6. The number of methoxy groups -OCH3 is 1. The van der Waals surface area contributed by atoms with Crippen molar-refractivity contribution in [2.24, 2.45) is 0 Å². The third-order valence-corrected chi connectivity index (χ3v) is 4.83. The number of ether oxygens (including phenoxy) is 1. The van der Waals surface area contributed by atoms with Crippen LogP contribution in [-0.2, 0) is 9.59 Å². The summed E-state index contributed by atoms with van der Waals surface area (Å²) in [4.78, 5) is 23.4. The summed E-state index contributed by atoms with van der Waals surface area (Å²) >= 11 is 1.17. The molecule has 0 aliphatic heterocycles. The molecule has 3 N–H and O–H groups in total. The number of anilines is 1. The number of para-hydroxylation sites is 1. The Labute approximate surface area is 149 Å². The van der Waals surface area contributed by atoms with Crippen molar-refractivity contribution in [1.29, 1.82) is 0 Å². The van der Waals surface area contributed by atoms with E-state index in [0.29, 0.717) is 21.9 Å². The van der Waals surface area contributed by atoms with Gasteiger partial charge in [0.2, 0.25) is 5.91 Å². The van der Waals surface area contributed by atoms with Gasteiger partial charge in [-0.05, 0) is 29.8 Å². The van der Waals surface area contributed by atoms with Gasteiger partial charge in [0.05, 0.1) is 18.0 Å². The standard InChI is InChI=1S/C18H19NO5S/c1-11(20)19-14-5-3-4-6-15(14)25-17(16(21)18(22)23)12-7-9-13(24-2)10-8-12/h3-10,16-17,21H,1-2H3,(H,19,20)(H,22,23)/t16-,17+/m1/s1. The Bertz CT molecular complexity index is 747. The molecule has 0 heterocycles. The van der Waals surface area contributed by atoms with Crippen molar-refractivity contribution in [1.82, 2.24) is 0 Å². The topological polar surface area (TPSA) is 95.9 Å². The molecule has 0 saturated heterocycles. The molecule has 0 aromatic heterocycles. The number of carboxylic acid groups (broad SMARTS) is 1. The molecule has 1 amide bonds. The summed E-state index contributed by atoms with van der Waals surface area (Å²) in [7, 11) is 1.54. The van der Waals surface area contributed by atoms with E-state index >= 15 is 0 Å². The van der Waals surface area contributed by atoms with Gasteiger partial charge >= 0.3 is 5.97 Å². The van der Waals surface area contributed by atoms with E-state index in [0.717, 1.165) is 0 Å². The van der Waals surface area contributed by atoms with Gasteiger partial charge in [-0.2, -0.15) is 0 Å². The van der Waals surface area contributed by atoms with Gasteiger partial charge in [-0.3, -0.25) is 4.79 Å². The maximum absolute atomic E-state index is 11.4. The highest BCUT2D eigenvalue weighted by atomic mass is 32.2. The van der Waals surface area contributed by atoms with Crippen LogP contribution >= 0.6 is 11.8 Å². The Morgan fingerprint density at radius 1 is 1.12 bits per heavy atom. The van der Waals surface area contributed by atoms with E-state index < -0.39 is 17.3 Å². The molecule has 7 heteroatoms. The van der Waals surface area contributed by atoms with Crippen LogP contribution < -0.4 is 10.1 Å². The van der Waals surface area contributed by atoms with Crippen LogP contribution in [-0.4, -0.2) is 35.3 Å². The first-order valence-electron chi connectivity index (χ1n) is 7.50. The normalized spacial score (nSPS) is 12.9. The fraction of sp³-hybridized carbons (Fsp3) is 0.222. The Balaban J connectivity index is 2.37. The highest BCUT2D eigenvalue weighted by Gasteiger charge is 2.29. The summed E-state index contributed by atoms with van der Waals surface area (Å²) in [5.74, 6) is -0.908. The number of carbonyl (C=O) groups is 2. The minimum atomic E-state index is -1.61. The van der Waals surface area contributed by atoms with Gasteiger partial charge in [-0.15, -0.1) is 11.8 Å². The largest absolute Gasteiger partial charge is 0.497 e. The second-order valence-corrected chi connectivity index (χ2v) is 6.46.